The second-order valence-corrected chi connectivity index (χ2v) is 17.1. The average Bonchev–Trinajstić information content (AvgIpc) is 4.01. The topological polar surface area (TPSA) is 129 Å². The summed E-state index contributed by atoms with van der Waals surface area (Å²) in [6, 6.07) is 43.8. The number of hydrogen-bond donors (Lipinski definition) is 3. The van der Waals surface area contributed by atoms with E-state index >= 15 is 0 Å². The normalized spacial score (nSPS) is 10.7. The zero-order valence-corrected chi connectivity index (χ0v) is 40.7. The van der Waals surface area contributed by atoms with Gasteiger partial charge in [-0.05, 0) is 136 Å². The number of rotatable bonds is 14. The third-order valence-electron chi connectivity index (χ3n) is 10.0. The molecule has 9 aromatic rings. The van der Waals surface area contributed by atoms with Crippen LogP contribution in [0.5, 0.6) is 28.7 Å². The Morgan fingerprint density at radius 2 is 0.955 bits per heavy atom. The van der Waals surface area contributed by atoms with E-state index in [0.717, 1.165) is 101 Å². The first kappa shape index (κ1) is 47.9. The van der Waals surface area contributed by atoms with Gasteiger partial charge < -0.3 is 33.7 Å². The van der Waals surface area contributed by atoms with Gasteiger partial charge >= 0.3 is 0 Å². The van der Waals surface area contributed by atoms with Crippen LogP contribution in [0.25, 0.3) is 44.6 Å². The molecule has 0 aliphatic heterocycles. The minimum Gasteiger partial charge on any atom is -0.497 e. The molecule has 16 heteroatoms. The van der Waals surface area contributed by atoms with Crippen LogP contribution in [0.15, 0.2) is 144 Å². The molecule has 2 N–H and O–H groups in total. The minimum absolute atomic E-state index is 0.126. The fourth-order valence-electron chi connectivity index (χ4n) is 6.49. The summed E-state index contributed by atoms with van der Waals surface area (Å²) < 4.78 is 26.2. The second-order valence-electron chi connectivity index (χ2n) is 14.2. The van der Waals surface area contributed by atoms with Crippen molar-refractivity contribution in [2.75, 3.05) is 35.5 Å². The van der Waals surface area contributed by atoms with Gasteiger partial charge in [0.2, 0.25) is 5.28 Å². The number of fused-ring (bicyclic) bond motifs is 2. The summed E-state index contributed by atoms with van der Waals surface area (Å²) in [5, 5.41) is 3.89. The lowest BCUT2D eigenvalue weighted by Gasteiger charge is -2.08. The molecule has 338 valence electrons. The number of thioether (sulfide) groups is 2. The lowest BCUT2D eigenvalue weighted by atomic mass is 10.1. The Bertz CT molecular complexity index is 2970. The molecule has 0 aliphatic carbocycles. The number of nitrogens with zero attached hydrogens (tertiary/aromatic N) is 4. The van der Waals surface area contributed by atoms with E-state index in [1.54, 1.807) is 59.1 Å². The van der Waals surface area contributed by atoms with E-state index in [9.17, 15) is 0 Å². The van der Waals surface area contributed by atoms with Gasteiger partial charge in [0, 0.05) is 28.6 Å². The predicted octanol–water partition coefficient (Wildman–Crippen LogP) is 13.3. The van der Waals surface area contributed by atoms with E-state index in [-0.39, 0.29) is 5.28 Å². The molecule has 11 nitrogen and oxygen atoms in total. The van der Waals surface area contributed by atoms with Crippen molar-refractivity contribution in [2.45, 2.75) is 27.4 Å². The fourth-order valence-corrected chi connectivity index (χ4v) is 8.93. The first-order chi connectivity index (χ1) is 32.2. The minimum atomic E-state index is 0.126. The van der Waals surface area contributed by atoms with Gasteiger partial charge in [-0.1, -0.05) is 59.8 Å². The number of nitrogens with one attached hydrogen (secondary N) is 2. The van der Waals surface area contributed by atoms with Gasteiger partial charge in [-0.2, -0.15) is 17.6 Å². The number of ether oxygens (including phenoxy) is 5. The molecule has 0 spiro atoms. The number of methoxy groups -OCH3 is 5. The molecule has 0 saturated carbocycles. The molecule has 0 bridgehead atoms. The van der Waals surface area contributed by atoms with Crippen LogP contribution in [0.1, 0.15) is 16.7 Å². The largest absolute Gasteiger partial charge is 0.497 e. The summed E-state index contributed by atoms with van der Waals surface area (Å²) in [5.41, 5.74) is 8.94. The molecule has 66 heavy (non-hydrogen) atoms. The Labute approximate surface area is 407 Å². The molecule has 5 aromatic carbocycles. The summed E-state index contributed by atoms with van der Waals surface area (Å²) >= 11 is 19.3. The van der Waals surface area contributed by atoms with Crippen LogP contribution >= 0.6 is 59.4 Å². The van der Waals surface area contributed by atoms with Crippen LogP contribution in [-0.4, -0.2) is 65.5 Å². The Hall–Kier alpha value is -6.03. The van der Waals surface area contributed by atoms with Crippen molar-refractivity contribution in [3.05, 3.63) is 161 Å². The van der Waals surface area contributed by atoms with Gasteiger partial charge in [0.25, 0.3) is 0 Å². The van der Waals surface area contributed by atoms with Crippen LogP contribution in [0.3, 0.4) is 0 Å². The molecular weight excluding hydrogens is 932 g/mol. The maximum atomic E-state index is 6.04. The van der Waals surface area contributed by atoms with Crippen molar-refractivity contribution in [1.29, 1.82) is 0 Å². The van der Waals surface area contributed by atoms with Crippen LogP contribution in [0.4, 0.5) is 0 Å². The second kappa shape index (κ2) is 23.4. The Morgan fingerprint density at radius 1 is 0.485 bits per heavy atom. The Balaban J connectivity index is 0.000000184. The van der Waals surface area contributed by atoms with E-state index in [1.165, 1.54) is 11.1 Å². The first-order valence-corrected chi connectivity index (χ1v) is 23.7. The molecule has 4 aromatic heterocycles. The van der Waals surface area contributed by atoms with E-state index in [1.807, 2.05) is 109 Å². The standard InChI is InChI=1S/C29H27N3O3S2.C13H9Cl2N3O.C8H10OS/c1-33-22-12-10-21(11-13-22)26-16-25-27(30-26)31-29(37-18-20-7-5-9-24(15-20)35-3)32-28(25)36-17-19-6-4-8-23(14-19)34-2;1-19-8-4-2-7(3-5-8)10-6-9-11(14)17-13(15)18-12(9)16-10;1-9-8-4-2-7(6-10)3-5-8/h4-16H,17-18H2,1-3H3,(H,30,31,32);2-6H,1H3,(H,16,17,18);2-5,10H,6H2,1H3. The highest BCUT2D eigenvalue weighted by Gasteiger charge is 2.15. The first-order valence-electron chi connectivity index (χ1n) is 20.4. The van der Waals surface area contributed by atoms with Crippen LogP contribution < -0.4 is 23.7 Å². The number of aromatic nitrogens is 6. The quantitative estimate of drug-likeness (QED) is 0.0417. The third-order valence-corrected chi connectivity index (χ3v) is 12.8. The van der Waals surface area contributed by atoms with Crippen molar-refractivity contribution in [1.82, 2.24) is 29.9 Å². The monoisotopic (exact) mass is 976 g/mol. The van der Waals surface area contributed by atoms with Crippen LogP contribution in [0, 0.1) is 0 Å². The summed E-state index contributed by atoms with van der Waals surface area (Å²) in [6.07, 6.45) is 0. The van der Waals surface area contributed by atoms with Crippen LogP contribution in [-0.2, 0) is 17.3 Å². The van der Waals surface area contributed by atoms with E-state index in [0.29, 0.717) is 10.8 Å². The highest BCUT2D eigenvalue weighted by molar-refractivity contribution is 7.99. The van der Waals surface area contributed by atoms with E-state index < -0.39 is 0 Å². The van der Waals surface area contributed by atoms with Crippen molar-refractivity contribution in [2.24, 2.45) is 0 Å². The molecule has 4 heterocycles. The zero-order valence-electron chi connectivity index (χ0n) is 36.7. The molecule has 0 unspecified atom stereocenters. The van der Waals surface area contributed by atoms with Gasteiger partial charge in [0.05, 0.1) is 46.3 Å². The molecule has 0 saturated heterocycles. The van der Waals surface area contributed by atoms with Gasteiger partial charge in [-0.3, -0.25) is 0 Å². The van der Waals surface area contributed by atoms with Gasteiger partial charge in [-0.25, -0.2) is 15.0 Å². The predicted molar refractivity (Wildman–Crippen MR) is 273 cm³/mol. The summed E-state index contributed by atoms with van der Waals surface area (Å²) in [7, 11) is 8.34. The van der Waals surface area contributed by atoms with Crippen LogP contribution in [0.2, 0.25) is 10.4 Å². The molecule has 0 atom stereocenters. The molecule has 0 radical (unpaired) electrons. The lowest BCUT2D eigenvalue weighted by molar-refractivity contribution is 0.414. The number of benzene rings is 5. The number of hydrogen-bond acceptors (Lipinski definition) is 12. The average molecular weight is 978 g/mol. The fraction of sp³-hybridized carbons (Fsp3) is 0.160. The molecule has 0 fully saturated rings. The van der Waals surface area contributed by atoms with Gasteiger partial charge in [-0.15, -0.1) is 11.8 Å². The maximum Gasteiger partial charge on any atom is 0.225 e. The maximum absolute atomic E-state index is 6.04. The molecular formula is C50H46Cl2N6O5S3. The van der Waals surface area contributed by atoms with Crippen molar-refractivity contribution >= 4 is 81.4 Å². The zero-order chi connectivity index (χ0) is 46.4. The SMILES string of the molecule is COc1ccc(-c2cc3c(Cl)nc(Cl)nc3[nH]2)cc1.COc1ccc(-c2cc3c(SCc4cccc(OC)c4)nc(SCc4cccc(OC)c4)nc3[nH]2)cc1.COc1ccc(CS)cc1. The lowest BCUT2D eigenvalue weighted by Crippen LogP contribution is -1.93. The summed E-state index contributed by atoms with van der Waals surface area (Å²) in [5.74, 6) is 6.52. The summed E-state index contributed by atoms with van der Waals surface area (Å²) in [6.45, 7) is 0. The van der Waals surface area contributed by atoms with E-state index in [4.69, 9.17) is 56.9 Å². The Morgan fingerprint density at radius 3 is 1.45 bits per heavy atom. The number of H-pyrrole nitrogens is 2. The number of aromatic amines is 2. The van der Waals surface area contributed by atoms with Crippen molar-refractivity contribution < 1.29 is 23.7 Å². The highest BCUT2D eigenvalue weighted by Crippen LogP contribution is 2.35. The Kier molecular flexibility index (Phi) is 17.0. The van der Waals surface area contributed by atoms with Gasteiger partial charge in [0.15, 0.2) is 5.16 Å². The third kappa shape index (κ3) is 12.6. The number of halogens is 2. The van der Waals surface area contributed by atoms with Crippen molar-refractivity contribution in [3.63, 3.8) is 0 Å². The molecule has 9 rings (SSSR count). The molecule has 0 aliphatic rings. The smallest absolute Gasteiger partial charge is 0.225 e. The van der Waals surface area contributed by atoms with E-state index in [2.05, 4.69) is 56.8 Å². The molecule has 0 amide bonds. The number of thiol groups is 1. The van der Waals surface area contributed by atoms with Gasteiger partial charge in [0.1, 0.15) is 50.2 Å². The highest BCUT2D eigenvalue weighted by atomic mass is 35.5. The summed E-state index contributed by atoms with van der Waals surface area (Å²) in [4.78, 5) is 24.5. The van der Waals surface area contributed by atoms with Crippen molar-refractivity contribution in [3.8, 4) is 51.3 Å².